The maximum absolute atomic E-state index is 6.42. The quantitative estimate of drug-likeness (QED) is 0.701. The molecule has 0 saturated carbocycles. The van der Waals surface area contributed by atoms with Gasteiger partial charge in [-0.3, -0.25) is 4.98 Å². The van der Waals surface area contributed by atoms with E-state index in [1.54, 1.807) is 0 Å². The summed E-state index contributed by atoms with van der Waals surface area (Å²) in [7, 11) is 0. The third-order valence-electron chi connectivity index (χ3n) is 5.32. The van der Waals surface area contributed by atoms with Crippen LogP contribution in [0.5, 0.6) is 5.75 Å². The van der Waals surface area contributed by atoms with Gasteiger partial charge in [0.1, 0.15) is 11.4 Å². The molecular weight excluding hydrogens is 234 g/mol. The second-order valence-corrected chi connectivity index (χ2v) is 6.41. The highest BCUT2D eigenvalue weighted by Gasteiger charge is 2.58. The van der Waals surface area contributed by atoms with Crippen LogP contribution in [0.3, 0.4) is 0 Å². The fourth-order valence-corrected chi connectivity index (χ4v) is 3.95. The molecule has 2 nitrogen and oxygen atoms in total. The first-order valence-corrected chi connectivity index (χ1v) is 7.14. The van der Waals surface area contributed by atoms with Crippen LogP contribution in [0.25, 0.3) is 0 Å². The Morgan fingerprint density at radius 2 is 2.26 bits per heavy atom. The molecule has 0 fully saturated rings. The predicted molar refractivity (Wildman–Crippen MR) is 75.1 cm³/mol. The predicted octanol–water partition coefficient (Wildman–Crippen LogP) is 3.83. The molecule has 1 aromatic rings. The van der Waals surface area contributed by atoms with E-state index in [1.807, 2.05) is 12.3 Å². The minimum atomic E-state index is -0.0871. The first-order valence-electron chi connectivity index (χ1n) is 7.14. The molecule has 1 aliphatic heterocycles. The normalized spacial score (nSPS) is 35.5. The van der Waals surface area contributed by atoms with Crippen LogP contribution in [-0.2, 0) is 6.42 Å². The standard InChI is InChI=1S/C17H19NO/c1-12-5-7-16(2)13(10-12)6-8-17(16)11-14-15(19-17)4-3-9-18-14/h3-4,6,9-10H,5,7-8,11H2,1-2H3/t16-,17+/m0/s1. The highest BCUT2D eigenvalue weighted by atomic mass is 16.5. The van der Waals surface area contributed by atoms with Crippen LogP contribution in [0.15, 0.2) is 41.6 Å². The summed E-state index contributed by atoms with van der Waals surface area (Å²) in [5.74, 6) is 0.990. The lowest BCUT2D eigenvalue weighted by Crippen LogP contribution is -2.48. The molecule has 2 aliphatic carbocycles. The summed E-state index contributed by atoms with van der Waals surface area (Å²) >= 11 is 0. The van der Waals surface area contributed by atoms with Crippen molar-refractivity contribution in [1.29, 1.82) is 0 Å². The van der Waals surface area contributed by atoms with Crippen molar-refractivity contribution >= 4 is 0 Å². The lowest BCUT2D eigenvalue weighted by Gasteiger charge is -2.44. The summed E-state index contributed by atoms with van der Waals surface area (Å²) in [6.07, 6.45) is 11.0. The van der Waals surface area contributed by atoms with Gasteiger partial charge in [0.25, 0.3) is 0 Å². The van der Waals surface area contributed by atoms with Crippen molar-refractivity contribution in [1.82, 2.24) is 4.98 Å². The van der Waals surface area contributed by atoms with Crippen molar-refractivity contribution < 1.29 is 4.74 Å². The van der Waals surface area contributed by atoms with Gasteiger partial charge < -0.3 is 4.74 Å². The van der Waals surface area contributed by atoms with Gasteiger partial charge in [0.05, 0.1) is 5.69 Å². The minimum Gasteiger partial charge on any atom is -0.484 e. The van der Waals surface area contributed by atoms with Crippen molar-refractivity contribution in [2.24, 2.45) is 5.41 Å². The average molecular weight is 253 g/mol. The van der Waals surface area contributed by atoms with E-state index in [9.17, 15) is 0 Å². The number of fused-ring (bicyclic) bond motifs is 3. The maximum atomic E-state index is 6.42. The van der Waals surface area contributed by atoms with Gasteiger partial charge in [-0.15, -0.1) is 0 Å². The van der Waals surface area contributed by atoms with Crippen molar-refractivity contribution in [3.63, 3.8) is 0 Å². The first-order chi connectivity index (χ1) is 9.13. The van der Waals surface area contributed by atoms with Gasteiger partial charge in [0.2, 0.25) is 0 Å². The summed E-state index contributed by atoms with van der Waals surface area (Å²) in [4.78, 5) is 4.50. The van der Waals surface area contributed by atoms with Crippen LogP contribution in [0.2, 0.25) is 0 Å². The lowest BCUT2D eigenvalue weighted by atomic mass is 9.65. The zero-order valence-electron chi connectivity index (χ0n) is 11.6. The summed E-state index contributed by atoms with van der Waals surface area (Å²) in [5.41, 5.74) is 4.16. The molecule has 19 heavy (non-hydrogen) atoms. The third-order valence-corrected chi connectivity index (χ3v) is 5.32. The zero-order valence-corrected chi connectivity index (χ0v) is 11.6. The van der Waals surface area contributed by atoms with Crippen molar-refractivity contribution in [3.8, 4) is 5.75 Å². The SMILES string of the molecule is CC1=CC2=CC[C@@]3(Cc4ncccc4O3)[C@@]2(C)CC1. The fourth-order valence-electron chi connectivity index (χ4n) is 3.95. The Morgan fingerprint density at radius 3 is 3.11 bits per heavy atom. The molecule has 0 aromatic carbocycles. The van der Waals surface area contributed by atoms with E-state index < -0.39 is 0 Å². The number of hydrogen-bond acceptors (Lipinski definition) is 2. The monoisotopic (exact) mass is 253 g/mol. The Hall–Kier alpha value is -1.57. The van der Waals surface area contributed by atoms with E-state index in [0.29, 0.717) is 0 Å². The Labute approximate surface area is 114 Å². The van der Waals surface area contributed by atoms with Crippen molar-refractivity contribution in [3.05, 3.63) is 47.3 Å². The second kappa shape index (κ2) is 3.50. The van der Waals surface area contributed by atoms with Crippen molar-refractivity contribution in [2.75, 3.05) is 0 Å². The first kappa shape index (κ1) is 11.3. The number of allylic oxidation sites excluding steroid dienone is 2. The van der Waals surface area contributed by atoms with Gasteiger partial charge >= 0.3 is 0 Å². The van der Waals surface area contributed by atoms with Gasteiger partial charge in [-0.05, 0) is 37.5 Å². The van der Waals surface area contributed by atoms with E-state index in [2.05, 4.69) is 37.0 Å². The summed E-state index contributed by atoms with van der Waals surface area (Å²) < 4.78 is 6.42. The summed E-state index contributed by atoms with van der Waals surface area (Å²) in [5, 5.41) is 0. The van der Waals surface area contributed by atoms with Crippen LogP contribution in [-0.4, -0.2) is 10.6 Å². The molecule has 2 heterocycles. The number of hydrogen-bond donors (Lipinski definition) is 0. The number of aromatic nitrogens is 1. The van der Waals surface area contributed by atoms with E-state index >= 15 is 0 Å². The topological polar surface area (TPSA) is 22.1 Å². The van der Waals surface area contributed by atoms with E-state index in [1.165, 1.54) is 24.0 Å². The molecule has 1 spiro atoms. The molecule has 98 valence electrons. The average Bonchev–Trinajstić information content (AvgIpc) is 2.91. The lowest BCUT2D eigenvalue weighted by molar-refractivity contribution is -0.00304. The Balaban J connectivity index is 1.77. The van der Waals surface area contributed by atoms with Crippen LogP contribution in [0.1, 0.15) is 38.8 Å². The Morgan fingerprint density at radius 1 is 1.37 bits per heavy atom. The van der Waals surface area contributed by atoms with Crippen LogP contribution in [0, 0.1) is 5.41 Å². The molecule has 0 amide bonds. The highest BCUT2D eigenvalue weighted by molar-refractivity contribution is 5.46. The highest BCUT2D eigenvalue weighted by Crippen LogP contribution is 2.58. The molecule has 1 aromatic heterocycles. The van der Waals surface area contributed by atoms with Gasteiger partial charge in [-0.25, -0.2) is 0 Å². The summed E-state index contributed by atoms with van der Waals surface area (Å²) in [6.45, 7) is 4.61. The maximum Gasteiger partial charge on any atom is 0.141 e. The Bertz CT molecular complexity index is 588. The van der Waals surface area contributed by atoms with Crippen LogP contribution in [0.4, 0.5) is 0 Å². The molecule has 3 aliphatic rings. The molecule has 2 heteroatoms. The molecule has 0 unspecified atom stereocenters. The van der Waals surface area contributed by atoms with E-state index in [0.717, 1.165) is 24.3 Å². The number of ether oxygens (including phenoxy) is 1. The van der Waals surface area contributed by atoms with Crippen LogP contribution >= 0.6 is 0 Å². The molecule has 0 bridgehead atoms. The molecular formula is C17H19NO. The fraction of sp³-hybridized carbons (Fsp3) is 0.471. The van der Waals surface area contributed by atoms with Gasteiger partial charge in [-0.2, -0.15) is 0 Å². The zero-order chi connectivity index (χ0) is 13.1. The van der Waals surface area contributed by atoms with Gasteiger partial charge in [0, 0.05) is 24.5 Å². The van der Waals surface area contributed by atoms with Gasteiger partial charge in [0.15, 0.2) is 0 Å². The number of pyridine rings is 1. The van der Waals surface area contributed by atoms with E-state index in [4.69, 9.17) is 4.74 Å². The minimum absolute atomic E-state index is 0.0871. The second-order valence-electron chi connectivity index (χ2n) is 6.41. The largest absolute Gasteiger partial charge is 0.484 e. The molecule has 4 rings (SSSR count). The molecule has 0 radical (unpaired) electrons. The van der Waals surface area contributed by atoms with Crippen LogP contribution < -0.4 is 4.74 Å². The molecule has 0 N–H and O–H groups in total. The third kappa shape index (κ3) is 1.35. The number of rotatable bonds is 0. The van der Waals surface area contributed by atoms with E-state index in [-0.39, 0.29) is 11.0 Å². The summed E-state index contributed by atoms with van der Waals surface area (Å²) in [6, 6.07) is 4.02. The Kier molecular flexibility index (Phi) is 2.08. The van der Waals surface area contributed by atoms with Crippen molar-refractivity contribution in [2.45, 2.75) is 45.1 Å². The molecule has 2 atom stereocenters. The van der Waals surface area contributed by atoms with Gasteiger partial charge in [-0.1, -0.05) is 24.6 Å². The molecule has 0 saturated heterocycles. The number of nitrogens with zero attached hydrogens (tertiary/aromatic N) is 1. The smallest absolute Gasteiger partial charge is 0.141 e.